The number of hydrogen-bond acceptors (Lipinski definition) is 5. The zero-order chi connectivity index (χ0) is 21.8. The standard InChI is InChI=1S/C23H23F2N5O/c1-15-12-21(29-23(26-15)30-10-2-3-11-30)27-18-6-8-19(9-7-18)28-22(31)13-16-4-5-17(24)14-20(16)25/h4-9,12,14H,2-3,10-11,13H2,1H3,(H,28,31)(H,26,27,29). The van der Waals surface area contributed by atoms with Gasteiger partial charge in [0.2, 0.25) is 11.9 Å². The number of carbonyl (C=O) groups is 1. The molecule has 0 saturated carbocycles. The summed E-state index contributed by atoms with van der Waals surface area (Å²) in [6.45, 7) is 3.88. The van der Waals surface area contributed by atoms with Crippen LogP contribution in [0.3, 0.4) is 0 Å². The van der Waals surface area contributed by atoms with E-state index in [1.54, 1.807) is 12.1 Å². The smallest absolute Gasteiger partial charge is 0.228 e. The largest absolute Gasteiger partial charge is 0.341 e. The van der Waals surface area contributed by atoms with Crippen LogP contribution in [0.2, 0.25) is 0 Å². The number of hydrogen-bond donors (Lipinski definition) is 2. The second-order valence-electron chi connectivity index (χ2n) is 7.55. The van der Waals surface area contributed by atoms with Gasteiger partial charge in [0, 0.05) is 42.3 Å². The lowest BCUT2D eigenvalue weighted by Crippen LogP contribution is -2.21. The van der Waals surface area contributed by atoms with Crippen molar-refractivity contribution in [3.8, 4) is 0 Å². The molecule has 2 aromatic carbocycles. The van der Waals surface area contributed by atoms with Crippen LogP contribution in [0, 0.1) is 18.6 Å². The Bertz CT molecular complexity index is 1080. The highest BCUT2D eigenvalue weighted by Crippen LogP contribution is 2.22. The van der Waals surface area contributed by atoms with E-state index < -0.39 is 11.6 Å². The second kappa shape index (κ2) is 9.07. The molecule has 0 bridgehead atoms. The lowest BCUT2D eigenvalue weighted by atomic mass is 10.1. The van der Waals surface area contributed by atoms with Crippen LogP contribution < -0.4 is 15.5 Å². The Labute approximate surface area is 179 Å². The van der Waals surface area contributed by atoms with Crippen LogP contribution in [0.1, 0.15) is 24.1 Å². The first-order chi connectivity index (χ1) is 15.0. The Morgan fingerprint density at radius 2 is 1.71 bits per heavy atom. The average Bonchev–Trinajstić information content (AvgIpc) is 3.26. The number of aromatic nitrogens is 2. The number of amides is 1. The van der Waals surface area contributed by atoms with E-state index in [-0.39, 0.29) is 17.9 Å². The van der Waals surface area contributed by atoms with Crippen LogP contribution >= 0.6 is 0 Å². The van der Waals surface area contributed by atoms with Crippen molar-refractivity contribution in [3.63, 3.8) is 0 Å². The topological polar surface area (TPSA) is 70.2 Å². The highest BCUT2D eigenvalue weighted by atomic mass is 19.1. The fourth-order valence-electron chi connectivity index (χ4n) is 3.50. The lowest BCUT2D eigenvalue weighted by Gasteiger charge is -2.17. The number of nitrogens with one attached hydrogen (secondary N) is 2. The predicted molar refractivity (Wildman–Crippen MR) is 117 cm³/mol. The van der Waals surface area contributed by atoms with Gasteiger partial charge in [-0.25, -0.2) is 13.8 Å². The van der Waals surface area contributed by atoms with Crippen LogP contribution in [0.25, 0.3) is 0 Å². The number of rotatable bonds is 6. The molecule has 0 aliphatic carbocycles. The quantitative estimate of drug-likeness (QED) is 0.607. The van der Waals surface area contributed by atoms with Gasteiger partial charge in [-0.05, 0) is 55.7 Å². The summed E-state index contributed by atoms with van der Waals surface area (Å²) in [5.74, 6) is -0.345. The van der Waals surface area contributed by atoms with Gasteiger partial charge in [-0.3, -0.25) is 4.79 Å². The number of carbonyl (C=O) groups excluding carboxylic acids is 1. The Kier molecular flexibility index (Phi) is 6.06. The molecule has 1 aromatic heterocycles. The van der Waals surface area contributed by atoms with E-state index >= 15 is 0 Å². The summed E-state index contributed by atoms with van der Waals surface area (Å²) in [5, 5.41) is 5.99. The molecule has 0 unspecified atom stereocenters. The van der Waals surface area contributed by atoms with Crippen molar-refractivity contribution in [1.82, 2.24) is 9.97 Å². The lowest BCUT2D eigenvalue weighted by molar-refractivity contribution is -0.115. The summed E-state index contributed by atoms with van der Waals surface area (Å²) >= 11 is 0. The molecular formula is C23H23F2N5O. The van der Waals surface area contributed by atoms with Crippen LogP contribution in [-0.4, -0.2) is 29.0 Å². The molecule has 6 nitrogen and oxygen atoms in total. The maximum Gasteiger partial charge on any atom is 0.228 e. The van der Waals surface area contributed by atoms with Crippen molar-refractivity contribution in [2.45, 2.75) is 26.2 Å². The fourth-order valence-corrected chi connectivity index (χ4v) is 3.50. The maximum atomic E-state index is 13.7. The summed E-state index contributed by atoms with van der Waals surface area (Å²) < 4.78 is 26.7. The Balaban J connectivity index is 1.38. The monoisotopic (exact) mass is 423 g/mol. The molecule has 0 atom stereocenters. The van der Waals surface area contributed by atoms with Crippen molar-refractivity contribution in [2.24, 2.45) is 0 Å². The van der Waals surface area contributed by atoms with Crippen LogP contribution in [0.15, 0.2) is 48.5 Å². The fraction of sp³-hybridized carbons (Fsp3) is 0.261. The van der Waals surface area contributed by atoms with Crippen LogP contribution in [0.5, 0.6) is 0 Å². The summed E-state index contributed by atoms with van der Waals surface area (Å²) in [4.78, 5) is 23.5. The van der Waals surface area contributed by atoms with Gasteiger partial charge in [0.05, 0.1) is 6.42 Å². The molecule has 2 N–H and O–H groups in total. The minimum absolute atomic E-state index is 0.144. The summed E-state index contributed by atoms with van der Waals surface area (Å²) in [6, 6.07) is 12.2. The highest BCUT2D eigenvalue weighted by Gasteiger charge is 2.16. The van der Waals surface area contributed by atoms with Gasteiger partial charge in [-0.1, -0.05) is 6.07 Å². The van der Waals surface area contributed by atoms with Crippen LogP contribution in [-0.2, 0) is 11.2 Å². The third-order valence-electron chi connectivity index (χ3n) is 5.04. The van der Waals surface area contributed by atoms with Crippen molar-refractivity contribution in [1.29, 1.82) is 0 Å². The minimum Gasteiger partial charge on any atom is -0.341 e. The van der Waals surface area contributed by atoms with Crippen molar-refractivity contribution in [2.75, 3.05) is 28.6 Å². The number of nitrogens with zero attached hydrogens (tertiary/aromatic N) is 3. The van der Waals surface area contributed by atoms with E-state index in [9.17, 15) is 13.6 Å². The molecule has 1 fully saturated rings. The molecule has 160 valence electrons. The van der Waals surface area contributed by atoms with E-state index in [0.29, 0.717) is 11.5 Å². The number of aryl methyl sites for hydroxylation is 1. The first-order valence-electron chi connectivity index (χ1n) is 10.2. The molecule has 1 aliphatic rings. The number of anilines is 4. The third-order valence-corrected chi connectivity index (χ3v) is 5.04. The number of benzene rings is 2. The summed E-state index contributed by atoms with van der Waals surface area (Å²) in [6.07, 6.45) is 2.13. The molecular weight excluding hydrogens is 400 g/mol. The third kappa shape index (κ3) is 5.33. The first-order valence-corrected chi connectivity index (χ1v) is 10.2. The Morgan fingerprint density at radius 1 is 1.00 bits per heavy atom. The van der Waals surface area contributed by atoms with E-state index in [4.69, 9.17) is 0 Å². The van der Waals surface area contributed by atoms with Gasteiger partial charge in [0.25, 0.3) is 0 Å². The molecule has 1 aliphatic heterocycles. The molecule has 0 spiro atoms. The van der Waals surface area contributed by atoms with Gasteiger partial charge in [0.1, 0.15) is 17.5 Å². The van der Waals surface area contributed by atoms with Crippen molar-refractivity contribution >= 4 is 29.0 Å². The van der Waals surface area contributed by atoms with E-state index in [0.717, 1.165) is 55.4 Å². The molecule has 1 saturated heterocycles. The van der Waals surface area contributed by atoms with Crippen LogP contribution in [0.4, 0.5) is 31.9 Å². The Hall–Kier alpha value is -3.55. The zero-order valence-electron chi connectivity index (χ0n) is 17.2. The van der Waals surface area contributed by atoms with Gasteiger partial charge in [0.15, 0.2) is 0 Å². The van der Waals surface area contributed by atoms with Gasteiger partial charge < -0.3 is 15.5 Å². The van der Waals surface area contributed by atoms with Gasteiger partial charge in [-0.15, -0.1) is 0 Å². The van der Waals surface area contributed by atoms with Gasteiger partial charge >= 0.3 is 0 Å². The zero-order valence-corrected chi connectivity index (χ0v) is 17.2. The van der Waals surface area contributed by atoms with E-state index in [2.05, 4.69) is 25.5 Å². The Morgan fingerprint density at radius 3 is 2.42 bits per heavy atom. The average molecular weight is 423 g/mol. The SMILES string of the molecule is Cc1cc(Nc2ccc(NC(=O)Cc3ccc(F)cc3F)cc2)nc(N2CCCC2)n1. The highest BCUT2D eigenvalue weighted by molar-refractivity contribution is 5.92. The normalized spacial score (nSPS) is 13.3. The molecule has 0 radical (unpaired) electrons. The first kappa shape index (κ1) is 20.7. The predicted octanol–water partition coefficient (Wildman–Crippen LogP) is 4.59. The number of halogens is 2. The summed E-state index contributed by atoms with van der Waals surface area (Å²) in [7, 11) is 0. The summed E-state index contributed by atoms with van der Waals surface area (Å²) in [5.41, 5.74) is 2.42. The van der Waals surface area contributed by atoms with E-state index in [1.807, 2.05) is 25.1 Å². The minimum atomic E-state index is -0.733. The molecule has 4 rings (SSSR count). The van der Waals surface area contributed by atoms with E-state index in [1.165, 1.54) is 6.07 Å². The molecule has 1 amide bonds. The molecule has 2 heterocycles. The maximum absolute atomic E-state index is 13.7. The van der Waals surface area contributed by atoms with Crippen molar-refractivity contribution < 1.29 is 13.6 Å². The van der Waals surface area contributed by atoms with Crippen molar-refractivity contribution in [3.05, 3.63) is 71.4 Å². The molecule has 8 heteroatoms. The molecule has 3 aromatic rings. The van der Waals surface area contributed by atoms with Gasteiger partial charge in [-0.2, -0.15) is 4.98 Å². The second-order valence-corrected chi connectivity index (χ2v) is 7.55. The molecule has 31 heavy (non-hydrogen) atoms.